The molecule has 1 saturated carbocycles. The van der Waals surface area contributed by atoms with E-state index in [0.717, 1.165) is 38.5 Å². The van der Waals surface area contributed by atoms with Gasteiger partial charge < -0.3 is 4.74 Å². The van der Waals surface area contributed by atoms with E-state index in [-0.39, 0.29) is 22.8 Å². The van der Waals surface area contributed by atoms with Crippen LogP contribution in [-0.4, -0.2) is 11.9 Å². The molecule has 0 N–H and O–H groups in total. The molecular weight excluding hydrogens is 204 g/mol. The Balaban J connectivity index is 2.10. The molecule has 2 aliphatic carbocycles. The standard InChI is InChI=1S/C13H16O3/c14-10-9-12-5-1-3-7-13(12,11(15)16-10)8-4-2-6-12/h1,3H,2,4-9H2. The van der Waals surface area contributed by atoms with Gasteiger partial charge in [0.1, 0.15) is 0 Å². The highest BCUT2D eigenvalue weighted by Crippen LogP contribution is 2.61. The van der Waals surface area contributed by atoms with Gasteiger partial charge in [-0.05, 0) is 25.7 Å². The molecule has 1 aliphatic heterocycles. The molecule has 3 aliphatic rings. The zero-order chi connectivity index (χ0) is 11.2. The van der Waals surface area contributed by atoms with Crippen LogP contribution in [0.25, 0.3) is 0 Å². The number of esters is 2. The summed E-state index contributed by atoms with van der Waals surface area (Å²) in [5.41, 5.74) is -0.500. The summed E-state index contributed by atoms with van der Waals surface area (Å²) in [6.45, 7) is 0. The molecule has 2 atom stereocenters. The van der Waals surface area contributed by atoms with Crippen molar-refractivity contribution in [1.29, 1.82) is 0 Å². The van der Waals surface area contributed by atoms with Crippen LogP contribution in [0.3, 0.4) is 0 Å². The summed E-state index contributed by atoms with van der Waals surface area (Å²) in [7, 11) is 0. The molecule has 3 nitrogen and oxygen atoms in total. The Morgan fingerprint density at radius 2 is 1.81 bits per heavy atom. The quantitative estimate of drug-likeness (QED) is 0.357. The number of cyclic esters (lactones) is 2. The third-order valence-corrected chi connectivity index (χ3v) is 4.75. The average molecular weight is 220 g/mol. The van der Waals surface area contributed by atoms with Crippen LogP contribution in [0.2, 0.25) is 0 Å². The van der Waals surface area contributed by atoms with Crippen molar-refractivity contribution in [2.45, 2.75) is 44.9 Å². The van der Waals surface area contributed by atoms with Gasteiger partial charge in [0.2, 0.25) is 0 Å². The molecule has 1 heterocycles. The number of hydrogen-bond donors (Lipinski definition) is 0. The summed E-state index contributed by atoms with van der Waals surface area (Å²) < 4.78 is 4.90. The van der Waals surface area contributed by atoms with Crippen molar-refractivity contribution in [1.82, 2.24) is 0 Å². The maximum Gasteiger partial charge on any atom is 0.320 e. The molecule has 0 spiro atoms. The minimum Gasteiger partial charge on any atom is -0.393 e. The minimum absolute atomic E-state index is 0.119. The van der Waals surface area contributed by atoms with Crippen molar-refractivity contribution in [2.75, 3.05) is 0 Å². The van der Waals surface area contributed by atoms with Gasteiger partial charge in [-0.1, -0.05) is 25.0 Å². The van der Waals surface area contributed by atoms with Crippen LogP contribution >= 0.6 is 0 Å². The molecule has 86 valence electrons. The van der Waals surface area contributed by atoms with Crippen LogP contribution in [0.4, 0.5) is 0 Å². The van der Waals surface area contributed by atoms with E-state index in [0.29, 0.717) is 6.42 Å². The van der Waals surface area contributed by atoms with E-state index in [1.54, 1.807) is 0 Å². The van der Waals surface area contributed by atoms with Crippen LogP contribution in [0.1, 0.15) is 44.9 Å². The van der Waals surface area contributed by atoms with Crippen LogP contribution in [0.15, 0.2) is 12.2 Å². The van der Waals surface area contributed by atoms with Gasteiger partial charge in [0, 0.05) is 5.41 Å². The number of allylic oxidation sites excluding steroid dienone is 2. The molecule has 2 unspecified atom stereocenters. The van der Waals surface area contributed by atoms with Crippen molar-refractivity contribution < 1.29 is 14.3 Å². The third kappa shape index (κ3) is 1.09. The highest BCUT2D eigenvalue weighted by molar-refractivity contribution is 5.93. The molecule has 0 amide bonds. The molecule has 3 rings (SSSR count). The molecule has 3 heteroatoms. The van der Waals surface area contributed by atoms with Gasteiger partial charge in [-0.25, -0.2) is 0 Å². The molecule has 0 aromatic rings. The van der Waals surface area contributed by atoms with Gasteiger partial charge in [-0.3, -0.25) is 9.59 Å². The monoisotopic (exact) mass is 220 g/mol. The topological polar surface area (TPSA) is 43.4 Å². The summed E-state index contributed by atoms with van der Waals surface area (Å²) in [5, 5.41) is 0. The highest BCUT2D eigenvalue weighted by atomic mass is 16.6. The fourth-order valence-electron chi connectivity index (χ4n) is 3.85. The van der Waals surface area contributed by atoms with Gasteiger partial charge >= 0.3 is 11.9 Å². The lowest BCUT2D eigenvalue weighted by atomic mass is 9.49. The Kier molecular flexibility index (Phi) is 2.00. The van der Waals surface area contributed by atoms with Crippen LogP contribution in [-0.2, 0) is 14.3 Å². The predicted octanol–water partition coefficient (Wildman–Crippen LogP) is 2.36. The van der Waals surface area contributed by atoms with Crippen LogP contribution in [0, 0.1) is 10.8 Å². The SMILES string of the molecule is O=C1CC23CC=CCC2(CCCC3)C(=O)O1. The van der Waals surface area contributed by atoms with Crippen molar-refractivity contribution >= 4 is 11.9 Å². The Bertz CT molecular complexity index is 385. The van der Waals surface area contributed by atoms with Crippen molar-refractivity contribution in [3.05, 3.63) is 12.2 Å². The molecule has 0 aromatic carbocycles. The fraction of sp³-hybridized carbons (Fsp3) is 0.692. The Hall–Kier alpha value is -1.12. The van der Waals surface area contributed by atoms with E-state index in [9.17, 15) is 9.59 Å². The van der Waals surface area contributed by atoms with Gasteiger partial charge in [-0.2, -0.15) is 0 Å². The lowest BCUT2D eigenvalue weighted by Crippen LogP contribution is -2.56. The number of carbonyl (C=O) groups excluding carboxylic acids is 2. The molecule has 0 radical (unpaired) electrons. The van der Waals surface area contributed by atoms with E-state index in [2.05, 4.69) is 12.2 Å². The Morgan fingerprint density at radius 1 is 1.06 bits per heavy atom. The second-order valence-electron chi connectivity index (χ2n) is 5.39. The summed E-state index contributed by atoms with van der Waals surface area (Å²) in [4.78, 5) is 23.6. The molecule has 0 bridgehead atoms. The molecule has 0 aromatic heterocycles. The van der Waals surface area contributed by atoms with Crippen molar-refractivity contribution in [3.63, 3.8) is 0 Å². The largest absolute Gasteiger partial charge is 0.393 e. The summed E-state index contributed by atoms with van der Waals surface area (Å²) in [6, 6.07) is 0. The maximum absolute atomic E-state index is 12.1. The van der Waals surface area contributed by atoms with Crippen molar-refractivity contribution in [3.8, 4) is 0 Å². The van der Waals surface area contributed by atoms with Gasteiger partial charge in [0.25, 0.3) is 0 Å². The van der Waals surface area contributed by atoms with Gasteiger partial charge in [0.05, 0.1) is 11.8 Å². The lowest BCUT2D eigenvalue weighted by molar-refractivity contribution is -0.193. The first-order valence-electron chi connectivity index (χ1n) is 6.09. The Labute approximate surface area is 94.8 Å². The Morgan fingerprint density at radius 3 is 2.69 bits per heavy atom. The van der Waals surface area contributed by atoms with E-state index in [4.69, 9.17) is 4.74 Å². The molecule has 1 saturated heterocycles. The predicted molar refractivity (Wildman–Crippen MR) is 57.4 cm³/mol. The number of hydrogen-bond acceptors (Lipinski definition) is 3. The van der Waals surface area contributed by atoms with Crippen molar-refractivity contribution in [2.24, 2.45) is 10.8 Å². The number of rotatable bonds is 0. The molecular formula is C13H16O3. The minimum atomic E-state index is -0.381. The smallest absolute Gasteiger partial charge is 0.320 e. The van der Waals surface area contributed by atoms with Crippen LogP contribution in [0.5, 0.6) is 0 Å². The second kappa shape index (κ2) is 3.19. The summed E-state index contributed by atoms with van der Waals surface area (Å²) in [5.74, 6) is -0.578. The lowest BCUT2D eigenvalue weighted by Gasteiger charge is -2.54. The van der Waals surface area contributed by atoms with E-state index in [1.165, 1.54) is 0 Å². The van der Waals surface area contributed by atoms with Gasteiger partial charge in [0.15, 0.2) is 0 Å². The van der Waals surface area contributed by atoms with Crippen LogP contribution < -0.4 is 0 Å². The first kappa shape index (κ1) is 10.1. The first-order chi connectivity index (χ1) is 7.69. The first-order valence-corrected chi connectivity index (χ1v) is 6.09. The fourth-order valence-corrected chi connectivity index (χ4v) is 3.85. The maximum atomic E-state index is 12.1. The zero-order valence-electron chi connectivity index (χ0n) is 9.33. The summed E-state index contributed by atoms with van der Waals surface area (Å²) in [6.07, 6.45) is 10.4. The molecule has 16 heavy (non-hydrogen) atoms. The zero-order valence-corrected chi connectivity index (χ0v) is 9.33. The van der Waals surface area contributed by atoms with E-state index in [1.807, 2.05) is 0 Å². The third-order valence-electron chi connectivity index (χ3n) is 4.75. The normalized spacial score (nSPS) is 42.2. The summed E-state index contributed by atoms with van der Waals surface area (Å²) >= 11 is 0. The molecule has 2 fully saturated rings. The van der Waals surface area contributed by atoms with E-state index < -0.39 is 0 Å². The van der Waals surface area contributed by atoms with E-state index >= 15 is 0 Å². The van der Waals surface area contributed by atoms with Gasteiger partial charge in [-0.15, -0.1) is 0 Å². The second-order valence-corrected chi connectivity index (χ2v) is 5.39. The average Bonchev–Trinajstić information content (AvgIpc) is 2.27. The number of carbonyl (C=O) groups is 2. The highest BCUT2D eigenvalue weighted by Gasteiger charge is 2.61. The number of ether oxygens (including phenoxy) is 1.